The van der Waals surface area contributed by atoms with Gasteiger partial charge in [0.2, 0.25) is 5.91 Å². The molecule has 1 aliphatic rings. The summed E-state index contributed by atoms with van der Waals surface area (Å²) in [6.45, 7) is 2.29. The average Bonchev–Trinajstić information content (AvgIpc) is 2.71. The van der Waals surface area contributed by atoms with Crippen molar-refractivity contribution < 1.29 is 9.90 Å². The van der Waals surface area contributed by atoms with E-state index in [0.29, 0.717) is 13.0 Å². The van der Waals surface area contributed by atoms with E-state index in [9.17, 15) is 4.79 Å². The molecule has 1 amide bonds. The van der Waals surface area contributed by atoms with E-state index in [4.69, 9.17) is 5.11 Å². The van der Waals surface area contributed by atoms with Gasteiger partial charge >= 0.3 is 0 Å². The molecule has 2 N–H and O–H groups in total. The molecule has 0 aromatic heterocycles. The lowest BCUT2D eigenvalue weighted by Gasteiger charge is -2.11. The van der Waals surface area contributed by atoms with Gasteiger partial charge in [0, 0.05) is 12.5 Å². The molecule has 0 bridgehead atoms. The SMILES string of the molecule is CC(O)CCNC(=O)C1Cc2ccccc2C1. The first kappa shape index (κ1) is 12.1. The third-order valence-electron chi connectivity index (χ3n) is 3.28. The van der Waals surface area contributed by atoms with Crippen LogP contribution in [0.15, 0.2) is 24.3 Å². The monoisotopic (exact) mass is 233 g/mol. The van der Waals surface area contributed by atoms with Crippen molar-refractivity contribution in [3.8, 4) is 0 Å². The molecule has 2 rings (SSSR count). The standard InChI is InChI=1S/C14H19NO2/c1-10(16)6-7-15-14(17)13-8-11-4-2-3-5-12(11)9-13/h2-5,10,13,16H,6-9H2,1H3,(H,15,17). The maximum Gasteiger partial charge on any atom is 0.223 e. The van der Waals surface area contributed by atoms with E-state index in [-0.39, 0.29) is 17.9 Å². The molecule has 3 heteroatoms. The Labute approximate surface area is 102 Å². The number of hydrogen-bond donors (Lipinski definition) is 2. The van der Waals surface area contributed by atoms with Crippen molar-refractivity contribution >= 4 is 5.91 Å². The molecule has 0 aliphatic heterocycles. The van der Waals surface area contributed by atoms with Crippen LogP contribution in [0.3, 0.4) is 0 Å². The van der Waals surface area contributed by atoms with E-state index in [1.54, 1.807) is 6.92 Å². The maximum atomic E-state index is 11.9. The van der Waals surface area contributed by atoms with Crippen LogP contribution in [0.25, 0.3) is 0 Å². The fraction of sp³-hybridized carbons (Fsp3) is 0.500. The second-order valence-electron chi connectivity index (χ2n) is 4.80. The molecule has 1 unspecified atom stereocenters. The smallest absolute Gasteiger partial charge is 0.223 e. The van der Waals surface area contributed by atoms with Crippen molar-refractivity contribution in [3.63, 3.8) is 0 Å². The zero-order valence-electron chi connectivity index (χ0n) is 10.1. The van der Waals surface area contributed by atoms with Crippen LogP contribution in [-0.4, -0.2) is 23.7 Å². The molecular formula is C14H19NO2. The van der Waals surface area contributed by atoms with Crippen molar-refractivity contribution in [2.45, 2.75) is 32.3 Å². The molecule has 0 fully saturated rings. The van der Waals surface area contributed by atoms with Gasteiger partial charge in [0.25, 0.3) is 0 Å². The number of amides is 1. The minimum Gasteiger partial charge on any atom is -0.393 e. The number of nitrogens with one attached hydrogen (secondary N) is 1. The van der Waals surface area contributed by atoms with Gasteiger partial charge in [-0.3, -0.25) is 4.79 Å². The normalized spacial score (nSPS) is 16.6. The molecule has 0 saturated carbocycles. The first-order valence-electron chi connectivity index (χ1n) is 6.19. The molecule has 92 valence electrons. The van der Waals surface area contributed by atoms with Crippen LogP contribution in [0.4, 0.5) is 0 Å². The Bertz CT molecular complexity index is 376. The molecule has 3 nitrogen and oxygen atoms in total. The highest BCUT2D eigenvalue weighted by molar-refractivity contribution is 5.80. The predicted octanol–water partition coefficient (Wildman–Crippen LogP) is 1.29. The van der Waals surface area contributed by atoms with Gasteiger partial charge in [-0.1, -0.05) is 24.3 Å². The fourth-order valence-corrected chi connectivity index (χ4v) is 2.29. The molecule has 1 atom stereocenters. The zero-order chi connectivity index (χ0) is 12.3. The molecule has 0 spiro atoms. The number of carbonyl (C=O) groups excluding carboxylic acids is 1. The third-order valence-corrected chi connectivity index (χ3v) is 3.28. The molecule has 0 radical (unpaired) electrons. The summed E-state index contributed by atoms with van der Waals surface area (Å²) in [5, 5.41) is 12.0. The molecule has 0 saturated heterocycles. The summed E-state index contributed by atoms with van der Waals surface area (Å²) in [5.41, 5.74) is 2.59. The van der Waals surface area contributed by atoms with Crippen molar-refractivity contribution in [1.29, 1.82) is 0 Å². The minimum absolute atomic E-state index is 0.0707. The average molecular weight is 233 g/mol. The summed E-state index contributed by atoms with van der Waals surface area (Å²) in [6, 6.07) is 8.23. The summed E-state index contributed by atoms with van der Waals surface area (Å²) in [5.74, 6) is 0.184. The van der Waals surface area contributed by atoms with Crippen LogP contribution in [0.1, 0.15) is 24.5 Å². The van der Waals surface area contributed by atoms with Crippen molar-refractivity contribution in [3.05, 3.63) is 35.4 Å². The Kier molecular flexibility index (Phi) is 3.79. The van der Waals surface area contributed by atoms with Gasteiger partial charge in [-0.05, 0) is 37.3 Å². The Morgan fingerprint density at radius 1 is 1.41 bits per heavy atom. The van der Waals surface area contributed by atoms with E-state index in [1.165, 1.54) is 11.1 Å². The fourth-order valence-electron chi connectivity index (χ4n) is 2.29. The number of carbonyl (C=O) groups is 1. The lowest BCUT2D eigenvalue weighted by atomic mass is 10.1. The molecule has 1 aliphatic carbocycles. The maximum absolute atomic E-state index is 11.9. The van der Waals surface area contributed by atoms with Crippen molar-refractivity contribution in [2.24, 2.45) is 5.92 Å². The van der Waals surface area contributed by atoms with Gasteiger partial charge in [-0.15, -0.1) is 0 Å². The van der Waals surface area contributed by atoms with E-state index in [2.05, 4.69) is 17.4 Å². The number of aliphatic hydroxyl groups is 1. The van der Waals surface area contributed by atoms with Crippen molar-refractivity contribution in [2.75, 3.05) is 6.54 Å². The van der Waals surface area contributed by atoms with E-state index in [0.717, 1.165) is 12.8 Å². The summed E-state index contributed by atoms with van der Waals surface area (Å²) < 4.78 is 0. The number of benzene rings is 1. The van der Waals surface area contributed by atoms with Gasteiger partial charge in [0.15, 0.2) is 0 Å². The Hall–Kier alpha value is -1.35. The second-order valence-corrected chi connectivity index (χ2v) is 4.80. The predicted molar refractivity (Wildman–Crippen MR) is 66.6 cm³/mol. The Balaban J connectivity index is 1.84. The van der Waals surface area contributed by atoms with Crippen LogP contribution in [0.2, 0.25) is 0 Å². The van der Waals surface area contributed by atoms with E-state index >= 15 is 0 Å². The van der Waals surface area contributed by atoms with Crippen LogP contribution in [0, 0.1) is 5.92 Å². The molecule has 17 heavy (non-hydrogen) atoms. The number of rotatable bonds is 4. The number of hydrogen-bond acceptors (Lipinski definition) is 2. The summed E-state index contributed by atoms with van der Waals surface area (Å²) in [7, 11) is 0. The van der Waals surface area contributed by atoms with Gasteiger partial charge < -0.3 is 10.4 Å². The summed E-state index contributed by atoms with van der Waals surface area (Å²) >= 11 is 0. The first-order valence-corrected chi connectivity index (χ1v) is 6.19. The molecule has 1 aromatic carbocycles. The van der Waals surface area contributed by atoms with Crippen LogP contribution < -0.4 is 5.32 Å². The lowest BCUT2D eigenvalue weighted by Crippen LogP contribution is -2.32. The minimum atomic E-state index is -0.351. The third kappa shape index (κ3) is 3.07. The quantitative estimate of drug-likeness (QED) is 0.823. The number of fused-ring (bicyclic) bond motifs is 1. The zero-order valence-corrected chi connectivity index (χ0v) is 10.1. The second kappa shape index (κ2) is 5.32. The molecule has 1 aromatic rings. The first-order chi connectivity index (χ1) is 8.16. The van der Waals surface area contributed by atoms with Gasteiger partial charge in [0.1, 0.15) is 0 Å². The highest BCUT2D eigenvalue weighted by Gasteiger charge is 2.26. The highest BCUT2D eigenvalue weighted by atomic mass is 16.3. The summed E-state index contributed by atoms with van der Waals surface area (Å²) in [4.78, 5) is 11.9. The van der Waals surface area contributed by atoms with Crippen LogP contribution >= 0.6 is 0 Å². The Morgan fingerprint density at radius 2 is 2.00 bits per heavy atom. The van der Waals surface area contributed by atoms with Gasteiger partial charge in [-0.25, -0.2) is 0 Å². The van der Waals surface area contributed by atoms with Gasteiger partial charge in [-0.2, -0.15) is 0 Å². The highest BCUT2D eigenvalue weighted by Crippen LogP contribution is 2.26. The molecule has 0 heterocycles. The van der Waals surface area contributed by atoms with Crippen molar-refractivity contribution in [1.82, 2.24) is 5.32 Å². The van der Waals surface area contributed by atoms with Gasteiger partial charge in [0.05, 0.1) is 6.10 Å². The summed E-state index contributed by atoms with van der Waals surface area (Å²) in [6.07, 6.45) is 1.95. The molecular weight excluding hydrogens is 214 g/mol. The number of aliphatic hydroxyl groups excluding tert-OH is 1. The van der Waals surface area contributed by atoms with E-state index in [1.807, 2.05) is 12.1 Å². The van der Waals surface area contributed by atoms with Crippen LogP contribution in [0.5, 0.6) is 0 Å². The van der Waals surface area contributed by atoms with Crippen LogP contribution in [-0.2, 0) is 17.6 Å². The Morgan fingerprint density at radius 3 is 2.53 bits per heavy atom. The van der Waals surface area contributed by atoms with E-state index < -0.39 is 0 Å². The topological polar surface area (TPSA) is 49.3 Å². The largest absolute Gasteiger partial charge is 0.393 e. The lowest BCUT2D eigenvalue weighted by molar-refractivity contribution is -0.124.